The maximum absolute atomic E-state index is 12.8. The lowest BCUT2D eigenvalue weighted by Crippen LogP contribution is -2.32. The van der Waals surface area contributed by atoms with Gasteiger partial charge < -0.3 is 15.4 Å². The maximum Gasteiger partial charge on any atom is 0.255 e. The van der Waals surface area contributed by atoms with Gasteiger partial charge in [-0.25, -0.2) is 0 Å². The van der Waals surface area contributed by atoms with Crippen LogP contribution in [0, 0.1) is 11.8 Å². The van der Waals surface area contributed by atoms with Crippen LogP contribution in [0.25, 0.3) is 0 Å². The summed E-state index contributed by atoms with van der Waals surface area (Å²) >= 11 is 3.47. The highest BCUT2D eigenvalue weighted by atomic mass is 79.9. The van der Waals surface area contributed by atoms with Gasteiger partial charge in [-0.3, -0.25) is 4.79 Å². The molecule has 3 atom stereocenters. The fraction of sp³-hybridized carbons (Fsp3) is 0.562. The summed E-state index contributed by atoms with van der Waals surface area (Å²) < 4.78 is 6.04. The lowest BCUT2D eigenvalue weighted by atomic mass is 9.79. The lowest BCUT2D eigenvalue weighted by molar-refractivity contribution is 0.0782. The molecule has 0 radical (unpaired) electrons. The summed E-state index contributed by atoms with van der Waals surface area (Å²) in [4.78, 5) is 14.7. The largest absolute Gasteiger partial charge is 0.497 e. The Bertz CT molecular complexity index is 549. The van der Waals surface area contributed by atoms with Crippen LogP contribution >= 0.6 is 15.9 Å². The van der Waals surface area contributed by atoms with E-state index in [2.05, 4.69) is 15.9 Å². The summed E-state index contributed by atoms with van der Waals surface area (Å²) in [5, 5.41) is 0. The highest BCUT2D eigenvalue weighted by Crippen LogP contribution is 2.37. The van der Waals surface area contributed by atoms with E-state index < -0.39 is 0 Å². The number of rotatable bonds is 2. The van der Waals surface area contributed by atoms with Gasteiger partial charge in [-0.05, 0) is 65.2 Å². The fourth-order valence-corrected chi connectivity index (χ4v) is 4.02. The average molecular weight is 353 g/mol. The van der Waals surface area contributed by atoms with Crippen molar-refractivity contribution in [3.8, 4) is 5.75 Å². The Kier molecular flexibility index (Phi) is 4.22. The van der Waals surface area contributed by atoms with Gasteiger partial charge in [-0.1, -0.05) is 0 Å². The van der Waals surface area contributed by atoms with E-state index in [0.29, 0.717) is 29.2 Å². The monoisotopic (exact) mass is 352 g/mol. The number of carbonyl (C=O) groups is 1. The van der Waals surface area contributed by atoms with E-state index >= 15 is 0 Å². The molecule has 21 heavy (non-hydrogen) atoms. The molecule has 1 amide bonds. The summed E-state index contributed by atoms with van der Waals surface area (Å²) in [7, 11) is 1.61. The Morgan fingerprint density at radius 3 is 2.86 bits per heavy atom. The van der Waals surface area contributed by atoms with E-state index in [1.165, 1.54) is 0 Å². The van der Waals surface area contributed by atoms with Gasteiger partial charge in [0.15, 0.2) is 0 Å². The first kappa shape index (κ1) is 14.9. The van der Waals surface area contributed by atoms with Crippen LogP contribution in [0.15, 0.2) is 22.7 Å². The van der Waals surface area contributed by atoms with Gasteiger partial charge in [0.05, 0.1) is 12.7 Å². The number of benzene rings is 1. The summed E-state index contributed by atoms with van der Waals surface area (Å²) in [5.74, 6) is 1.99. The third-order valence-corrected chi connectivity index (χ3v) is 5.47. The molecule has 114 valence electrons. The van der Waals surface area contributed by atoms with Crippen LogP contribution in [0.1, 0.15) is 29.6 Å². The molecule has 0 spiro atoms. The predicted molar refractivity (Wildman–Crippen MR) is 85.4 cm³/mol. The van der Waals surface area contributed by atoms with Crippen molar-refractivity contribution in [2.75, 3.05) is 20.2 Å². The molecular weight excluding hydrogens is 332 g/mol. The van der Waals surface area contributed by atoms with E-state index in [-0.39, 0.29) is 5.91 Å². The Balaban J connectivity index is 1.77. The molecule has 0 bridgehead atoms. The molecule has 1 aromatic carbocycles. The SMILES string of the molecule is COc1ccc(Br)c(C(=O)N2C[C@H]3CCC(N)C[C@H]3C2)c1. The molecule has 1 saturated heterocycles. The van der Waals surface area contributed by atoms with Crippen molar-refractivity contribution in [2.24, 2.45) is 17.6 Å². The molecule has 1 heterocycles. The molecule has 0 aromatic heterocycles. The molecule has 1 unspecified atom stereocenters. The standard InChI is InChI=1S/C16H21BrN2O2/c1-21-13-4-5-15(17)14(7-13)16(20)19-8-10-2-3-12(18)6-11(10)9-19/h4-5,7,10-12H,2-3,6,8-9,18H2,1H3/t10-,11+,12?/m1/s1. The van der Waals surface area contributed by atoms with Crippen LogP contribution in [0.2, 0.25) is 0 Å². The molecule has 2 N–H and O–H groups in total. The first-order valence-electron chi connectivity index (χ1n) is 7.47. The first-order chi connectivity index (χ1) is 10.1. The van der Waals surface area contributed by atoms with Crippen molar-refractivity contribution in [3.63, 3.8) is 0 Å². The summed E-state index contributed by atoms with van der Waals surface area (Å²) in [6.07, 6.45) is 3.29. The number of fused-ring (bicyclic) bond motifs is 1. The Morgan fingerprint density at radius 1 is 1.33 bits per heavy atom. The van der Waals surface area contributed by atoms with E-state index in [1.807, 2.05) is 17.0 Å². The summed E-state index contributed by atoms with van der Waals surface area (Å²) in [6, 6.07) is 5.83. The zero-order valence-electron chi connectivity index (χ0n) is 12.2. The van der Waals surface area contributed by atoms with E-state index in [1.54, 1.807) is 13.2 Å². The zero-order chi connectivity index (χ0) is 15.0. The number of nitrogens with zero attached hydrogens (tertiary/aromatic N) is 1. The van der Waals surface area contributed by atoms with E-state index in [9.17, 15) is 4.79 Å². The number of likely N-dealkylation sites (tertiary alicyclic amines) is 1. The molecule has 3 rings (SSSR count). The van der Waals surface area contributed by atoms with Gasteiger partial charge in [0.25, 0.3) is 5.91 Å². The Hall–Kier alpha value is -1.07. The molecule has 1 aliphatic heterocycles. The smallest absolute Gasteiger partial charge is 0.255 e. The molecule has 2 fully saturated rings. The molecule has 2 aliphatic rings. The van der Waals surface area contributed by atoms with Crippen LogP contribution in [0.4, 0.5) is 0 Å². The first-order valence-corrected chi connectivity index (χ1v) is 8.26. The minimum absolute atomic E-state index is 0.0868. The Morgan fingerprint density at radius 2 is 2.10 bits per heavy atom. The van der Waals surface area contributed by atoms with E-state index in [4.69, 9.17) is 10.5 Å². The number of hydrogen-bond acceptors (Lipinski definition) is 3. The molecular formula is C16H21BrN2O2. The predicted octanol–water partition coefficient (Wildman–Crippen LogP) is 2.66. The normalized spacial score (nSPS) is 28.3. The third-order valence-electron chi connectivity index (χ3n) is 4.78. The maximum atomic E-state index is 12.8. The van der Waals surface area contributed by atoms with Crippen molar-refractivity contribution in [1.29, 1.82) is 0 Å². The number of amides is 1. The molecule has 4 nitrogen and oxygen atoms in total. The second kappa shape index (κ2) is 5.97. The van der Waals surface area contributed by atoms with Crippen molar-refractivity contribution in [2.45, 2.75) is 25.3 Å². The number of ether oxygens (including phenoxy) is 1. The molecule has 1 aliphatic carbocycles. The molecule has 5 heteroatoms. The second-order valence-corrected chi connectivity index (χ2v) is 7.00. The highest BCUT2D eigenvalue weighted by molar-refractivity contribution is 9.10. The summed E-state index contributed by atoms with van der Waals surface area (Å²) in [6.45, 7) is 1.70. The number of hydrogen-bond donors (Lipinski definition) is 1. The van der Waals surface area contributed by atoms with Crippen molar-refractivity contribution >= 4 is 21.8 Å². The number of halogens is 1. The van der Waals surface area contributed by atoms with Gasteiger partial charge >= 0.3 is 0 Å². The van der Waals surface area contributed by atoms with Crippen LogP contribution in [0.3, 0.4) is 0 Å². The molecule has 1 saturated carbocycles. The quantitative estimate of drug-likeness (QED) is 0.889. The van der Waals surface area contributed by atoms with Crippen LogP contribution in [0.5, 0.6) is 5.75 Å². The number of carbonyl (C=O) groups excluding carboxylic acids is 1. The van der Waals surface area contributed by atoms with Crippen molar-refractivity contribution < 1.29 is 9.53 Å². The van der Waals surface area contributed by atoms with Crippen LogP contribution in [-0.2, 0) is 0 Å². The average Bonchev–Trinajstić information content (AvgIpc) is 2.90. The fourth-order valence-electron chi connectivity index (χ4n) is 3.60. The van der Waals surface area contributed by atoms with Crippen LogP contribution < -0.4 is 10.5 Å². The number of methoxy groups -OCH3 is 1. The van der Waals surface area contributed by atoms with Gasteiger partial charge in [0.2, 0.25) is 0 Å². The van der Waals surface area contributed by atoms with Crippen molar-refractivity contribution in [1.82, 2.24) is 4.90 Å². The topological polar surface area (TPSA) is 55.6 Å². The Labute approximate surface area is 133 Å². The van der Waals surface area contributed by atoms with Crippen molar-refractivity contribution in [3.05, 3.63) is 28.2 Å². The van der Waals surface area contributed by atoms with Gasteiger partial charge in [0, 0.05) is 23.6 Å². The lowest BCUT2D eigenvalue weighted by Gasteiger charge is -2.27. The second-order valence-electron chi connectivity index (χ2n) is 6.15. The molecule has 1 aromatic rings. The zero-order valence-corrected chi connectivity index (χ0v) is 13.8. The minimum atomic E-state index is 0.0868. The third kappa shape index (κ3) is 2.94. The van der Waals surface area contributed by atoms with E-state index in [0.717, 1.165) is 36.8 Å². The van der Waals surface area contributed by atoms with Crippen LogP contribution in [-0.4, -0.2) is 37.0 Å². The van der Waals surface area contributed by atoms with Gasteiger partial charge in [0.1, 0.15) is 5.75 Å². The highest BCUT2D eigenvalue weighted by Gasteiger charge is 2.39. The van der Waals surface area contributed by atoms with Gasteiger partial charge in [-0.2, -0.15) is 0 Å². The summed E-state index contributed by atoms with van der Waals surface area (Å²) in [5.41, 5.74) is 6.74. The number of nitrogens with two attached hydrogens (primary N) is 1. The minimum Gasteiger partial charge on any atom is -0.497 e. The van der Waals surface area contributed by atoms with Gasteiger partial charge in [-0.15, -0.1) is 0 Å².